The average Bonchev–Trinajstić information content (AvgIpc) is 2.90. The minimum absolute atomic E-state index is 0. The van der Waals surface area contributed by atoms with E-state index in [1.165, 1.54) is 41.8 Å². The minimum Gasteiger partial charge on any atom is -1.00 e. The van der Waals surface area contributed by atoms with Gasteiger partial charge in [0.15, 0.2) is 0 Å². The van der Waals surface area contributed by atoms with Gasteiger partial charge in [0.1, 0.15) is 0 Å². The van der Waals surface area contributed by atoms with Crippen molar-refractivity contribution >= 4 is 121 Å². The van der Waals surface area contributed by atoms with Gasteiger partial charge in [0.25, 0.3) is 0 Å². The summed E-state index contributed by atoms with van der Waals surface area (Å²) < 4.78 is 0. The molecule has 0 atom stereocenters. The van der Waals surface area contributed by atoms with E-state index in [0.717, 1.165) is 0 Å². The molecule has 0 aliphatic rings. The summed E-state index contributed by atoms with van der Waals surface area (Å²) in [6, 6.07) is 0. The Morgan fingerprint density at radius 1 is 0.409 bits per heavy atom. The molecule has 0 aromatic carbocycles. The number of nitrogens with two attached hydrogens (primary N) is 2. The maximum absolute atomic E-state index is 11.5. The molecule has 0 saturated carbocycles. The van der Waals surface area contributed by atoms with Crippen LogP contribution in [0.1, 0.15) is 131 Å². The first-order chi connectivity index (χ1) is 17.9. The summed E-state index contributed by atoms with van der Waals surface area (Å²) in [7, 11) is 10.0. The molecule has 268 valence electrons. The van der Waals surface area contributed by atoms with Crippen LogP contribution in [0.25, 0.3) is 0 Å². The topological polar surface area (TPSA) is 133 Å². The van der Waals surface area contributed by atoms with Gasteiger partial charge in [-0.05, 0) is 69.5 Å². The first-order valence-corrected chi connectivity index (χ1v) is 14.0. The van der Waals surface area contributed by atoms with Crippen molar-refractivity contribution in [2.45, 2.75) is 148 Å². The average molecular weight is 890 g/mol. The van der Waals surface area contributed by atoms with E-state index in [2.05, 4.69) is 11.5 Å². The zero-order valence-electron chi connectivity index (χ0n) is 36.0. The van der Waals surface area contributed by atoms with Crippen LogP contribution >= 0.6 is 0 Å². The fourth-order valence-electron chi connectivity index (χ4n) is 3.22. The van der Waals surface area contributed by atoms with Crippen LogP contribution in [0.3, 0.4) is 0 Å². The molecule has 0 aromatic heterocycles. The molecule has 0 saturated heterocycles. The molecule has 0 rings (SSSR count). The molecule has 0 fully saturated rings. The number of nitrogens with zero attached hydrogens (tertiary/aromatic N) is 4. The van der Waals surface area contributed by atoms with Crippen LogP contribution in [0.2, 0.25) is 0 Å². The van der Waals surface area contributed by atoms with Gasteiger partial charge in [-0.25, -0.2) is 0 Å². The first kappa shape index (κ1) is 71.1. The quantitative estimate of drug-likeness (QED) is 0.355. The van der Waals surface area contributed by atoms with Gasteiger partial charge in [0.2, 0.25) is 23.6 Å². The number of carbonyl (C=O) groups excluding carboxylic acids is 4. The second kappa shape index (κ2) is 33.8. The van der Waals surface area contributed by atoms with E-state index in [-0.39, 0.29) is 142 Å². The van der Waals surface area contributed by atoms with Crippen LogP contribution < -0.4 is 11.5 Å². The van der Waals surface area contributed by atoms with E-state index in [1.807, 2.05) is 83.1 Å². The Kier molecular flexibility index (Phi) is 54.6. The summed E-state index contributed by atoms with van der Waals surface area (Å²) in [5.74, 6) is -0.0184. The minimum atomic E-state index is -0.431. The van der Waals surface area contributed by atoms with Gasteiger partial charge in [-0.15, -0.1) is 0 Å². The fraction of sp³-hybridized carbons (Fsp3) is 0.875. The van der Waals surface area contributed by atoms with Crippen molar-refractivity contribution in [2.24, 2.45) is 11.5 Å². The molecule has 10 nitrogen and oxygen atoms in total. The number of amides is 4. The molecule has 44 heavy (non-hydrogen) atoms. The zero-order valence-corrected chi connectivity index (χ0v) is 40.9. The van der Waals surface area contributed by atoms with E-state index in [9.17, 15) is 19.2 Å². The molecule has 0 bridgehead atoms. The molecule has 4 amide bonds. The third-order valence-corrected chi connectivity index (χ3v) is 8.24. The summed E-state index contributed by atoms with van der Waals surface area (Å²) in [5.41, 5.74) is 7.27. The number of hydrogen-bond acceptors (Lipinski definition) is 6. The van der Waals surface area contributed by atoms with Crippen LogP contribution in [-0.4, -0.2) is 205 Å². The molecule has 0 spiro atoms. The summed E-state index contributed by atoms with van der Waals surface area (Å²) >= 11 is 0. The van der Waals surface area contributed by atoms with Crippen LogP contribution in [0.15, 0.2) is 0 Å². The van der Waals surface area contributed by atoms with E-state index < -0.39 is 22.2 Å². The zero-order chi connectivity index (χ0) is 34.6. The van der Waals surface area contributed by atoms with Crippen molar-refractivity contribution in [1.29, 1.82) is 0 Å². The SMILES string of the molecule is C.C.CC.CC.CC(=O)N(C)C(C)(C)C(C)(C)N(C)C(C)=O.CC(=O)N(C)C(C)(C)C(C)(C)N(C)C(C)=O.CN.CN.[Ba+2].[Ba+2].[H-].[H-].[H-].[H-]. The van der Waals surface area contributed by atoms with Crippen molar-refractivity contribution in [1.82, 2.24) is 19.6 Å². The molecule has 0 aromatic rings. The van der Waals surface area contributed by atoms with Crippen molar-refractivity contribution in [3.05, 3.63) is 0 Å². The standard InChI is InChI=1S/2C12H24N2O2.2C2H6.2CH5N.2CH4.2Ba.4H/c2*1-9(15)13(7)11(3,4)12(5,6)14(8)10(2)16;4*1-2;;;;;;;;/h2*1-8H3;2*1-2H3;2*2H2,1H3;2*1H4;;;;;;/q;;;;;;;;2*+2;4*-1. The van der Waals surface area contributed by atoms with Gasteiger partial charge < -0.3 is 36.8 Å². The summed E-state index contributed by atoms with van der Waals surface area (Å²) in [6.07, 6.45) is 0. The Balaban J connectivity index is -0.0000000290. The largest absolute Gasteiger partial charge is 2.00 e. The molecule has 0 unspecified atom stereocenters. The summed E-state index contributed by atoms with van der Waals surface area (Å²) in [5, 5.41) is 0. The maximum atomic E-state index is 11.5. The number of carbonyl (C=O) groups is 4. The molecule has 0 radical (unpaired) electrons. The van der Waals surface area contributed by atoms with Gasteiger partial charge in [-0.2, -0.15) is 0 Å². The smallest absolute Gasteiger partial charge is 1.00 e. The Hall–Kier alpha value is 0.943. The predicted octanol–water partition coefficient (Wildman–Crippen LogP) is 5.16. The molecule has 0 heterocycles. The van der Waals surface area contributed by atoms with E-state index in [0.29, 0.717) is 0 Å². The van der Waals surface area contributed by atoms with E-state index in [4.69, 9.17) is 0 Å². The van der Waals surface area contributed by atoms with Crippen molar-refractivity contribution in [2.75, 3.05) is 42.3 Å². The first-order valence-electron chi connectivity index (χ1n) is 14.0. The van der Waals surface area contributed by atoms with E-state index >= 15 is 0 Å². The third-order valence-electron chi connectivity index (χ3n) is 8.24. The van der Waals surface area contributed by atoms with E-state index in [1.54, 1.807) is 47.8 Å². The molecule has 12 heteroatoms. The maximum Gasteiger partial charge on any atom is 2.00 e. The molecular weight excluding hydrogens is 807 g/mol. The third kappa shape index (κ3) is 21.7. The van der Waals surface area contributed by atoms with Gasteiger partial charge in [0, 0.05) is 55.9 Å². The van der Waals surface area contributed by atoms with Crippen LogP contribution in [0.4, 0.5) is 0 Å². The molecule has 4 N–H and O–H groups in total. The summed E-state index contributed by atoms with van der Waals surface area (Å²) in [4.78, 5) is 52.5. The Labute approximate surface area is 363 Å². The molecule has 0 aliphatic heterocycles. The van der Waals surface area contributed by atoms with Gasteiger partial charge in [-0.1, -0.05) is 42.5 Å². The Morgan fingerprint density at radius 2 is 0.477 bits per heavy atom. The normalized spacial score (nSPS) is 9.45. The van der Waals surface area contributed by atoms with Crippen molar-refractivity contribution < 1.29 is 24.9 Å². The predicted molar refractivity (Wildman–Crippen MR) is 202 cm³/mol. The van der Waals surface area contributed by atoms with Crippen LogP contribution in [0.5, 0.6) is 0 Å². The van der Waals surface area contributed by atoms with Gasteiger partial charge in [0.05, 0.1) is 22.2 Å². The van der Waals surface area contributed by atoms with Crippen LogP contribution in [-0.2, 0) is 19.2 Å². The van der Waals surface area contributed by atoms with Gasteiger partial charge in [-0.3, -0.25) is 19.2 Å². The van der Waals surface area contributed by atoms with Crippen molar-refractivity contribution in [3.8, 4) is 0 Å². The monoisotopic (exact) mass is 890 g/mol. The van der Waals surface area contributed by atoms with Gasteiger partial charge >= 0.3 is 97.8 Å². The fourth-order valence-corrected chi connectivity index (χ4v) is 3.22. The number of rotatable bonds is 6. The summed E-state index contributed by atoms with van der Waals surface area (Å²) in [6.45, 7) is 29.9. The molecular formula is C32H82Ba2N6O4. The Morgan fingerprint density at radius 3 is 0.523 bits per heavy atom. The second-order valence-electron chi connectivity index (χ2n) is 10.5. The van der Waals surface area contributed by atoms with Crippen LogP contribution in [0, 0.1) is 0 Å². The Bertz CT molecular complexity index is 631. The van der Waals surface area contributed by atoms with Crippen molar-refractivity contribution in [3.63, 3.8) is 0 Å². The molecule has 0 aliphatic carbocycles. The number of likely N-dealkylation sites (N-methyl/N-ethyl adjacent to an activating group) is 4. The number of hydrogen-bond donors (Lipinski definition) is 2. The second-order valence-corrected chi connectivity index (χ2v) is 10.5.